The summed E-state index contributed by atoms with van der Waals surface area (Å²) in [6.45, 7) is 14.2. The summed E-state index contributed by atoms with van der Waals surface area (Å²) in [6, 6.07) is -0.849. The number of carbonyl (C=O) groups excluding carboxylic acids is 4. The average molecular weight is 493 g/mol. The highest BCUT2D eigenvalue weighted by atomic mass is 16.5. The summed E-state index contributed by atoms with van der Waals surface area (Å²) in [7, 11) is 1.87. The van der Waals surface area contributed by atoms with Crippen LogP contribution in [0.15, 0.2) is 0 Å². The van der Waals surface area contributed by atoms with Gasteiger partial charge in [0.2, 0.25) is 17.7 Å². The first-order chi connectivity index (χ1) is 16.0. The Morgan fingerprint density at radius 3 is 1.91 bits per heavy atom. The van der Waals surface area contributed by atoms with E-state index in [-0.39, 0.29) is 58.5 Å². The second-order valence-electron chi connectivity index (χ2n) is 9.04. The van der Waals surface area contributed by atoms with E-state index in [0.717, 1.165) is 0 Å². The molecule has 0 radical (unpaired) electrons. The topological polar surface area (TPSA) is 126 Å². The summed E-state index contributed by atoms with van der Waals surface area (Å²) in [5.41, 5.74) is 0. The van der Waals surface area contributed by atoms with Crippen LogP contribution in [0.3, 0.4) is 0 Å². The van der Waals surface area contributed by atoms with Crippen LogP contribution in [0.1, 0.15) is 58.7 Å². The lowest BCUT2D eigenvalue weighted by atomic mass is 9.97. The Hall–Kier alpha value is -2.04. The zero-order valence-corrected chi connectivity index (χ0v) is 22.1. The van der Waals surface area contributed by atoms with Crippen LogP contribution >= 0.6 is 0 Å². The van der Waals surface area contributed by atoms with Crippen LogP contribution in [0.4, 0.5) is 0 Å². The van der Waals surface area contributed by atoms with Crippen molar-refractivity contribution in [3.8, 4) is 0 Å². The van der Waals surface area contributed by atoms with Gasteiger partial charge in [-0.3, -0.25) is 24.1 Å². The van der Waals surface area contributed by atoms with E-state index < -0.39 is 6.04 Å². The molecule has 0 aromatic carbocycles. The van der Waals surface area contributed by atoms with Crippen molar-refractivity contribution < 1.29 is 32.9 Å². The summed E-state index contributed by atoms with van der Waals surface area (Å²) in [5, 5.41) is 8.25. The molecule has 2 atom stereocenters. The van der Waals surface area contributed by atoms with Crippen LogP contribution in [0, 0.1) is 11.8 Å². The van der Waals surface area contributed by atoms with Crippen molar-refractivity contribution in [3.05, 3.63) is 0 Å². The molecule has 0 saturated carbocycles. The SMILES string of the molecule is CCNC(=O)CCC(=O)NCCOCCOCCN(C)[C@H](C(=O)N[C@H](C(C)=O)C(C)C)C(C)C.[HH].[HH].[HH]. The van der Waals surface area contributed by atoms with Gasteiger partial charge in [-0.25, -0.2) is 0 Å². The first-order valence-corrected chi connectivity index (χ1v) is 12.2. The number of rotatable bonds is 19. The zero-order chi connectivity index (χ0) is 26.1. The Balaban J connectivity index is -0.00000181. The Bertz CT molecular complexity index is 642. The molecule has 0 fully saturated rings. The van der Waals surface area contributed by atoms with Crippen LogP contribution in [-0.4, -0.2) is 93.6 Å². The van der Waals surface area contributed by atoms with E-state index in [9.17, 15) is 19.2 Å². The van der Waals surface area contributed by atoms with E-state index in [4.69, 9.17) is 9.47 Å². The van der Waals surface area contributed by atoms with Gasteiger partial charge in [0, 0.05) is 36.8 Å². The van der Waals surface area contributed by atoms with Crippen molar-refractivity contribution in [1.82, 2.24) is 20.9 Å². The van der Waals surface area contributed by atoms with E-state index in [0.29, 0.717) is 46.1 Å². The molecule has 0 aromatic rings. The van der Waals surface area contributed by atoms with Gasteiger partial charge in [-0.1, -0.05) is 27.7 Å². The second kappa shape index (κ2) is 18.3. The molecular weight excluding hydrogens is 440 g/mol. The fraction of sp³-hybridized carbons (Fsp3) is 0.833. The van der Waals surface area contributed by atoms with Crippen molar-refractivity contribution in [2.45, 2.75) is 66.5 Å². The fourth-order valence-electron chi connectivity index (χ4n) is 3.52. The van der Waals surface area contributed by atoms with Crippen molar-refractivity contribution in [2.75, 3.05) is 53.1 Å². The molecule has 0 aromatic heterocycles. The van der Waals surface area contributed by atoms with Gasteiger partial charge < -0.3 is 25.4 Å². The van der Waals surface area contributed by atoms with Crippen molar-refractivity contribution >= 4 is 23.5 Å². The van der Waals surface area contributed by atoms with Crippen LogP contribution < -0.4 is 16.0 Å². The third-order valence-electron chi connectivity index (χ3n) is 5.26. The summed E-state index contributed by atoms with van der Waals surface area (Å²) >= 11 is 0. The number of ketones is 1. The number of nitrogens with zero attached hydrogens (tertiary/aromatic N) is 1. The molecule has 10 nitrogen and oxygen atoms in total. The van der Waals surface area contributed by atoms with Gasteiger partial charge in [-0.2, -0.15) is 0 Å². The van der Waals surface area contributed by atoms with Crippen molar-refractivity contribution in [2.24, 2.45) is 11.8 Å². The number of hydrogen-bond acceptors (Lipinski definition) is 7. The van der Waals surface area contributed by atoms with Gasteiger partial charge in [0.1, 0.15) is 0 Å². The van der Waals surface area contributed by atoms with Gasteiger partial charge in [0.15, 0.2) is 5.78 Å². The van der Waals surface area contributed by atoms with E-state index in [2.05, 4.69) is 16.0 Å². The zero-order valence-electron chi connectivity index (χ0n) is 22.1. The largest absolute Gasteiger partial charge is 0.378 e. The highest BCUT2D eigenvalue weighted by Gasteiger charge is 2.30. The molecule has 0 unspecified atom stereocenters. The summed E-state index contributed by atoms with van der Waals surface area (Å²) in [6.07, 6.45) is 0.335. The number of hydrogen-bond donors (Lipinski definition) is 3. The van der Waals surface area contributed by atoms with Crippen LogP contribution in [0.2, 0.25) is 0 Å². The highest BCUT2D eigenvalue weighted by molar-refractivity contribution is 5.90. The molecule has 3 amide bonds. The maximum absolute atomic E-state index is 12.8. The standard InChI is InChI=1S/C24H46N4O6.3H2/c1-8-25-20(30)9-10-21(31)26-11-13-33-15-16-34-14-12-28(7)23(18(4)5)24(32)27-22(17(2)3)19(6)29;;;/h17-18,22-23H,8-16H2,1-7H3,(H,25,30)(H,26,31)(H,27,32);3*1H/t22-,23-;;;/m0.../s1. The van der Waals surface area contributed by atoms with E-state index in [1.165, 1.54) is 6.92 Å². The minimum absolute atomic E-state index is 0. The molecule has 0 bridgehead atoms. The number of carbonyl (C=O) groups is 4. The Labute approximate surface area is 209 Å². The molecule has 0 aliphatic rings. The van der Waals surface area contributed by atoms with Crippen molar-refractivity contribution in [1.29, 1.82) is 0 Å². The minimum atomic E-state index is -0.485. The Morgan fingerprint density at radius 1 is 0.853 bits per heavy atom. The lowest BCUT2D eigenvalue weighted by Gasteiger charge is -2.32. The maximum Gasteiger partial charge on any atom is 0.238 e. The van der Waals surface area contributed by atoms with Gasteiger partial charge in [-0.05, 0) is 32.7 Å². The molecule has 3 N–H and O–H groups in total. The molecule has 204 valence electrons. The lowest BCUT2D eigenvalue weighted by molar-refractivity contribution is -0.132. The highest BCUT2D eigenvalue weighted by Crippen LogP contribution is 2.11. The van der Waals surface area contributed by atoms with E-state index in [1.807, 2.05) is 46.6 Å². The summed E-state index contributed by atoms with van der Waals surface area (Å²) in [4.78, 5) is 49.6. The number of nitrogens with one attached hydrogen (secondary N) is 3. The first-order valence-electron chi connectivity index (χ1n) is 12.2. The monoisotopic (exact) mass is 492 g/mol. The van der Waals surface area contributed by atoms with Crippen LogP contribution in [0.5, 0.6) is 0 Å². The molecule has 34 heavy (non-hydrogen) atoms. The fourth-order valence-corrected chi connectivity index (χ4v) is 3.52. The maximum atomic E-state index is 12.8. The van der Waals surface area contributed by atoms with Gasteiger partial charge in [-0.15, -0.1) is 0 Å². The third-order valence-corrected chi connectivity index (χ3v) is 5.26. The molecular formula is C24H52N4O6. The molecule has 0 saturated heterocycles. The summed E-state index contributed by atoms with van der Waals surface area (Å²) < 4.78 is 11.0. The van der Waals surface area contributed by atoms with Gasteiger partial charge in [0.25, 0.3) is 0 Å². The molecule has 0 aliphatic carbocycles. The lowest BCUT2D eigenvalue weighted by Crippen LogP contribution is -2.54. The molecule has 10 heteroatoms. The molecule has 0 rings (SSSR count). The number of ether oxygens (including phenoxy) is 2. The number of Topliss-reactive ketones (excluding diaryl/α,β-unsaturated/α-hetero) is 1. The third kappa shape index (κ3) is 14.3. The quantitative estimate of drug-likeness (QED) is 0.233. The minimum Gasteiger partial charge on any atom is -0.378 e. The normalized spacial score (nSPS) is 13.1. The molecule has 0 heterocycles. The van der Waals surface area contributed by atoms with Gasteiger partial charge in [0.05, 0.1) is 38.5 Å². The molecule has 0 aliphatic heterocycles. The second-order valence-corrected chi connectivity index (χ2v) is 9.04. The Morgan fingerprint density at radius 2 is 1.41 bits per heavy atom. The number of likely N-dealkylation sites (N-methyl/N-ethyl adjacent to an activating group) is 1. The predicted octanol–water partition coefficient (Wildman–Crippen LogP) is 1.48. The average Bonchev–Trinajstić information content (AvgIpc) is 2.74. The van der Waals surface area contributed by atoms with E-state index >= 15 is 0 Å². The summed E-state index contributed by atoms with van der Waals surface area (Å²) in [5.74, 6) is -0.403. The van der Waals surface area contributed by atoms with Crippen LogP contribution in [0.25, 0.3) is 0 Å². The smallest absolute Gasteiger partial charge is 0.238 e. The van der Waals surface area contributed by atoms with Crippen molar-refractivity contribution in [3.63, 3.8) is 0 Å². The molecule has 0 spiro atoms. The first kappa shape index (κ1) is 32.0. The predicted molar refractivity (Wildman–Crippen MR) is 138 cm³/mol. The van der Waals surface area contributed by atoms with Gasteiger partial charge >= 0.3 is 0 Å². The Kier molecular flexibility index (Phi) is 17.2. The van der Waals surface area contributed by atoms with Crippen LogP contribution in [-0.2, 0) is 28.7 Å². The van der Waals surface area contributed by atoms with E-state index in [1.54, 1.807) is 0 Å². The number of amides is 3.